The van der Waals surface area contributed by atoms with Gasteiger partial charge in [-0.2, -0.15) is 0 Å². The Labute approximate surface area is 85.3 Å². The second kappa shape index (κ2) is 4.23. The first-order chi connectivity index (χ1) is 7.00. The molecule has 6 heteroatoms. The molecular formula is C9H9N3O3. The first kappa shape index (κ1) is 10.7. The van der Waals surface area contributed by atoms with Gasteiger partial charge < -0.3 is 11.5 Å². The largest absolute Gasteiger partial charge is 0.398 e. The smallest absolute Gasteiger partial charge is 0.271 e. The van der Waals surface area contributed by atoms with Gasteiger partial charge in [0, 0.05) is 23.9 Å². The summed E-state index contributed by atoms with van der Waals surface area (Å²) >= 11 is 0. The summed E-state index contributed by atoms with van der Waals surface area (Å²) in [4.78, 5) is 20.3. The van der Waals surface area contributed by atoms with E-state index in [1.165, 1.54) is 24.3 Å². The van der Waals surface area contributed by atoms with E-state index in [-0.39, 0.29) is 11.4 Å². The van der Waals surface area contributed by atoms with Crippen LogP contribution in [-0.2, 0) is 4.79 Å². The van der Waals surface area contributed by atoms with Gasteiger partial charge in [-0.15, -0.1) is 0 Å². The van der Waals surface area contributed by atoms with Gasteiger partial charge in [-0.3, -0.25) is 14.9 Å². The van der Waals surface area contributed by atoms with E-state index in [0.717, 1.165) is 6.08 Å². The Balaban J connectivity index is 3.03. The molecule has 4 N–H and O–H groups in total. The van der Waals surface area contributed by atoms with Gasteiger partial charge in [-0.1, -0.05) is 0 Å². The zero-order valence-electron chi connectivity index (χ0n) is 7.71. The third kappa shape index (κ3) is 2.80. The molecule has 0 heterocycles. The second-order valence-corrected chi connectivity index (χ2v) is 2.81. The van der Waals surface area contributed by atoms with Crippen LogP contribution in [-0.4, -0.2) is 10.8 Å². The number of nitro benzene ring substituents is 1. The monoisotopic (exact) mass is 207 g/mol. The Hall–Kier alpha value is -2.37. The van der Waals surface area contributed by atoms with E-state index >= 15 is 0 Å². The van der Waals surface area contributed by atoms with Crippen molar-refractivity contribution in [2.45, 2.75) is 0 Å². The quantitative estimate of drug-likeness (QED) is 0.328. The highest BCUT2D eigenvalue weighted by Gasteiger charge is 2.06. The van der Waals surface area contributed by atoms with Gasteiger partial charge in [0.25, 0.3) is 5.69 Å². The van der Waals surface area contributed by atoms with Gasteiger partial charge >= 0.3 is 0 Å². The van der Waals surface area contributed by atoms with Crippen molar-refractivity contribution in [2.75, 3.05) is 5.73 Å². The molecular weight excluding hydrogens is 198 g/mol. The Bertz CT molecular complexity index is 440. The Kier molecular flexibility index (Phi) is 3.02. The van der Waals surface area contributed by atoms with Crippen LogP contribution in [0.15, 0.2) is 24.3 Å². The molecule has 0 fully saturated rings. The standard InChI is InChI=1S/C9H9N3O3/c10-8-5-7(12(14)15)3-1-6(8)2-4-9(11)13/h1-5H,10H2,(H2,11,13). The molecule has 1 rings (SSSR count). The zero-order chi connectivity index (χ0) is 11.4. The number of rotatable bonds is 3. The van der Waals surface area contributed by atoms with Crippen LogP contribution in [0.1, 0.15) is 5.56 Å². The minimum absolute atomic E-state index is 0.0938. The van der Waals surface area contributed by atoms with Crippen molar-refractivity contribution < 1.29 is 9.72 Å². The lowest BCUT2D eigenvalue weighted by molar-refractivity contribution is -0.384. The van der Waals surface area contributed by atoms with Gasteiger partial charge in [-0.05, 0) is 17.7 Å². The number of anilines is 1. The maximum absolute atomic E-state index is 10.4. The Morgan fingerprint density at radius 2 is 2.13 bits per heavy atom. The normalized spacial score (nSPS) is 10.4. The molecule has 1 aromatic rings. The number of carbonyl (C=O) groups excluding carboxylic acids is 1. The molecule has 78 valence electrons. The van der Waals surface area contributed by atoms with Crippen molar-refractivity contribution in [3.8, 4) is 0 Å². The first-order valence-electron chi connectivity index (χ1n) is 4.02. The average molecular weight is 207 g/mol. The van der Waals surface area contributed by atoms with Crippen molar-refractivity contribution in [2.24, 2.45) is 5.73 Å². The van der Waals surface area contributed by atoms with E-state index < -0.39 is 10.8 Å². The summed E-state index contributed by atoms with van der Waals surface area (Å²) in [7, 11) is 0. The van der Waals surface area contributed by atoms with Gasteiger partial charge in [0.15, 0.2) is 0 Å². The van der Waals surface area contributed by atoms with Crippen molar-refractivity contribution in [1.29, 1.82) is 0 Å². The van der Waals surface area contributed by atoms with Crippen LogP contribution in [0.2, 0.25) is 0 Å². The lowest BCUT2D eigenvalue weighted by Crippen LogP contribution is -2.05. The van der Waals surface area contributed by atoms with Crippen molar-refractivity contribution in [3.63, 3.8) is 0 Å². The van der Waals surface area contributed by atoms with Crippen LogP contribution in [0.4, 0.5) is 11.4 Å². The molecule has 0 aliphatic carbocycles. The van der Waals surface area contributed by atoms with Gasteiger partial charge in [0.2, 0.25) is 5.91 Å². The van der Waals surface area contributed by atoms with E-state index in [1.54, 1.807) is 0 Å². The van der Waals surface area contributed by atoms with Gasteiger partial charge in [-0.25, -0.2) is 0 Å². The molecule has 0 aromatic heterocycles. The van der Waals surface area contributed by atoms with Gasteiger partial charge in [0.05, 0.1) is 4.92 Å². The van der Waals surface area contributed by atoms with Crippen LogP contribution in [0.25, 0.3) is 6.08 Å². The predicted octanol–water partition coefficient (Wildman–Crippen LogP) is 0.676. The third-order valence-corrected chi connectivity index (χ3v) is 1.71. The van der Waals surface area contributed by atoms with Crippen LogP contribution in [0.3, 0.4) is 0 Å². The number of primary amides is 1. The van der Waals surface area contributed by atoms with Crippen molar-refractivity contribution >= 4 is 23.4 Å². The van der Waals surface area contributed by atoms with Crippen LogP contribution >= 0.6 is 0 Å². The fraction of sp³-hybridized carbons (Fsp3) is 0. The predicted molar refractivity (Wildman–Crippen MR) is 55.7 cm³/mol. The molecule has 1 amide bonds. The molecule has 6 nitrogen and oxygen atoms in total. The third-order valence-electron chi connectivity index (χ3n) is 1.71. The van der Waals surface area contributed by atoms with E-state index in [1.807, 2.05) is 0 Å². The summed E-state index contributed by atoms with van der Waals surface area (Å²) in [6, 6.07) is 3.98. The van der Waals surface area contributed by atoms with E-state index in [2.05, 4.69) is 0 Å². The molecule has 0 unspecified atom stereocenters. The lowest BCUT2D eigenvalue weighted by Gasteiger charge is -1.99. The molecule has 0 spiro atoms. The number of benzene rings is 1. The Morgan fingerprint density at radius 3 is 2.60 bits per heavy atom. The number of nitrogens with two attached hydrogens (primary N) is 2. The molecule has 0 radical (unpaired) electrons. The molecule has 0 aliphatic heterocycles. The summed E-state index contributed by atoms with van der Waals surface area (Å²) in [5, 5.41) is 10.4. The second-order valence-electron chi connectivity index (χ2n) is 2.81. The summed E-state index contributed by atoms with van der Waals surface area (Å²) < 4.78 is 0. The Morgan fingerprint density at radius 1 is 1.47 bits per heavy atom. The van der Waals surface area contributed by atoms with Crippen LogP contribution < -0.4 is 11.5 Å². The molecule has 15 heavy (non-hydrogen) atoms. The highest BCUT2D eigenvalue weighted by molar-refractivity contribution is 5.91. The average Bonchev–Trinajstić information content (AvgIpc) is 2.15. The molecule has 1 aromatic carbocycles. The van der Waals surface area contributed by atoms with Crippen molar-refractivity contribution in [3.05, 3.63) is 40.0 Å². The molecule has 0 atom stereocenters. The topological polar surface area (TPSA) is 112 Å². The number of nitrogens with zero attached hydrogens (tertiary/aromatic N) is 1. The number of nitrogen functional groups attached to an aromatic ring is 1. The number of non-ortho nitro benzene ring substituents is 1. The minimum atomic E-state index is -0.604. The SMILES string of the molecule is NC(=O)C=Cc1ccc([N+](=O)[O-])cc1N. The van der Waals surface area contributed by atoms with Crippen molar-refractivity contribution in [1.82, 2.24) is 0 Å². The van der Waals surface area contributed by atoms with Crippen LogP contribution in [0.5, 0.6) is 0 Å². The number of carbonyl (C=O) groups is 1. The highest BCUT2D eigenvalue weighted by atomic mass is 16.6. The summed E-state index contributed by atoms with van der Waals surface area (Å²) in [5.41, 5.74) is 11.1. The maximum atomic E-state index is 10.4. The number of hydrogen-bond donors (Lipinski definition) is 2. The molecule has 0 aliphatic rings. The van der Waals surface area contributed by atoms with Gasteiger partial charge in [0.1, 0.15) is 0 Å². The minimum Gasteiger partial charge on any atom is -0.398 e. The molecule has 0 saturated heterocycles. The maximum Gasteiger partial charge on any atom is 0.271 e. The zero-order valence-corrected chi connectivity index (χ0v) is 7.71. The lowest BCUT2D eigenvalue weighted by atomic mass is 10.1. The van der Waals surface area contributed by atoms with Crippen LogP contribution in [0, 0.1) is 10.1 Å². The number of nitro groups is 1. The van der Waals surface area contributed by atoms with E-state index in [9.17, 15) is 14.9 Å². The fourth-order valence-electron chi connectivity index (χ4n) is 0.999. The highest BCUT2D eigenvalue weighted by Crippen LogP contribution is 2.20. The summed E-state index contributed by atoms with van der Waals surface area (Å²) in [5.74, 6) is -0.604. The fourth-order valence-corrected chi connectivity index (χ4v) is 0.999. The molecule has 0 bridgehead atoms. The summed E-state index contributed by atoms with van der Waals surface area (Å²) in [6.45, 7) is 0. The van der Waals surface area contributed by atoms with E-state index in [0.29, 0.717) is 5.56 Å². The number of amides is 1. The first-order valence-corrected chi connectivity index (χ1v) is 4.02. The van der Waals surface area contributed by atoms with E-state index in [4.69, 9.17) is 11.5 Å². The molecule has 0 saturated carbocycles. The number of hydrogen-bond acceptors (Lipinski definition) is 4. The summed E-state index contributed by atoms with van der Waals surface area (Å²) in [6.07, 6.45) is 2.54.